The lowest BCUT2D eigenvalue weighted by Crippen LogP contribution is -2.43. The van der Waals surface area contributed by atoms with Crippen molar-refractivity contribution in [3.8, 4) is 0 Å². The van der Waals surface area contributed by atoms with E-state index in [2.05, 4.69) is 31.6 Å². The van der Waals surface area contributed by atoms with E-state index in [-0.39, 0.29) is 6.04 Å². The molecule has 1 saturated heterocycles. The van der Waals surface area contributed by atoms with Crippen LogP contribution >= 0.6 is 0 Å². The highest BCUT2D eigenvalue weighted by Crippen LogP contribution is 2.24. The Hall–Kier alpha value is -2.28. The fourth-order valence-corrected chi connectivity index (χ4v) is 3.08. The van der Waals surface area contributed by atoms with E-state index < -0.39 is 0 Å². The Bertz CT molecular complexity index is 601. The van der Waals surface area contributed by atoms with E-state index in [1.807, 2.05) is 23.2 Å². The van der Waals surface area contributed by atoms with Gasteiger partial charge in [-0.2, -0.15) is 0 Å². The number of guanidine groups is 1. The lowest BCUT2D eigenvalue weighted by Gasteiger charge is -2.26. The molecule has 1 atom stereocenters. The first kappa shape index (κ1) is 16.6. The summed E-state index contributed by atoms with van der Waals surface area (Å²) in [4.78, 5) is 10.8. The summed E-state index contributed by atoms with van der Waals surface area (Å²) in [5, 5.41) is 6.77. The molecule has 3 rings (SSSR count). The molecule has 3 heterocycles. The Morgan fingerprint density at radius 1 is 1.38 bits per heavy atom. The minimum atomic E-state index is 0.245. The Balaban J connectivity index is 1.50. The molecule has 7 nitrogen and oxygen atoms in total. The van der Waals surface area contributed by atoms with Gasteiger partial charge < -0.3 is 19.6 Å². The molecule has 7 heteroatoms. The summed E-state index contributed by atoms with van der Waals surface area (Å²) < 4.78 is 7.69. The van der Waals surface area contributed by atoms with Crippen molar-refractivity contribution in [3.63, 3.8) is 0 Å². The zero-order valence-corrected chi connectivity index (χ0v) is 14.2. The number of aliphatic imine (C=N–C) groups is 1. The number of furan rings is 1. The summed E-state index contributed by atoms with van der Waals surface area (Å²) in [5.41, 5.74) is 0. The Labute approximate surface area is 142 Å². The van der Waals surface area contributed by atoms with Gasteiger partial charge in [0.15, 0.2) is 5.96 Å². The SMILES string of the molecule is CN=C(NCCn1ccnc1)NCC(c1ccco1)N1CCCC1. The van der Waals surface area contributed by atoms with Gasteiger partial charge in [-0.1, -0.05) is 0 Å². The number of hydrogen-bond donors (Lipinski definition) is 2. The number of nitrogens with zero attached hydrogens (tertiary/aromatic N) is 4. The first-order valence-electron chi connectivity index (χ1n) is 8.54. The van der Waals surface area contributed by atoms with Crippen LogP contribution in [0, 0.1) is 0 Å². The zero-order chi connectivity index (χ0) is 16.6. The molecule has 24 heavy (non-hydrogen) atoms. The van der Waals surface area contributed by atoms with Gasteiger partial charge in [0.1, 0.15) is 5.76 Å². The van der Waals surface area contributed by atoms with Gasteiger partial charge in [0.05, 0.1) is 18.6 Å². The average molecular weight is 330 g/mol. The van der Waals surface area contributed by atoms with Crippen LogP contribution in [-0.2, 0) is 6.54 Å². The normalized spacial score (nSPS) is 17.1. The molecule has 1 unspecified atom stereocenters. The van der Waals surface area contributed by atoms with Crippen LogP contribution in [0.25, 0.3) is 0 Å². The lowest BCUT2D eigenvalue weighted by atomic mass is 10.2. The highest BCUT2D eigenvalue weighted by Gasteiger charge is 2.25. The van der Waals surface area contributed by atoms with Crippen LogP contribution in [-0.4, -0.2) is 53.6 Å². The van der Waals surface area contributed by atoms with E-state index in [0.29, 0.717) is 0 Å². The summed E-state index contributed by atoms with van der Waals surface area (Å²) >= 11 is 0. The number of nitrogens with one attached hydrogen (secondary N) is 2. The molecule has 1 aliphatic rings. The zero-order valence-electron chi connectivity index (χ0n) is 14.2. The van der Waals surface area contributed by atoms with E-state index in [0.717, 1.165) is 44.4 Å². The highest BCUT2D eigenvalue weighted by atomic mass is 16.3. The lowest BCUT2D eigenvalue weighted by molar-refractivity contribution is 0.215. The van der Waals surface area contributed by atoms with Gasteiger partial charge in [0.2, 0.25) is 0 Å². The fourth-order valence-electron chi connectivity index (χ4n) is 3.08. The van der Waals surface area contributed by atoms with Crippen LogP contribution in [0.15, 0.2) is 46.5 Å². The topological polar surface area (TPSA) is 70.6 Å². The second-order valence-corrected chi connectivity index (χ2v) is 5.95. The monoisotopic (exact) mass is 330 g/mol. The van der Waals surface area contributed by atoms with Crippen LogP contribution in [0.5, 0.6) is 0 Å². The Kier molecular flexibility index (Phi) is 5.90. The largest absolute Gasteiger partial charge is 0.468 e. The van der Waals surface area contributed by atoms with Crippen molar-refractivity contribution >= 4 is 5.96 Å². The molecular weight excluding hydrogens is 304 g/mol. The minimum Gasteiger partial charge on any atom is -0.468 e. The first-order valence-corrected chi connectivity index (χ1v) is 8.54. The number of rotatable bonds is 7. The van der Waals surface area contributed by atoms with Crippen LogP contribution in [0.2, 0.25) is 0 Å². The van der Waals surface area contributed by atoms with Gasteiger partial charge in [-0.25, -0.2) is 4.98 Å². The molecule has 0 aromatic carbocycles. The van der Waals surface area contributed by atoms with Crippen LogP contribution < -0.4 is 10.6 Å². The Morgan fingerprint density at radius 2 is 2.25 bits per heavy atom. The molecule has 0 spiro atoms. The van der Waals surface area contributed by atoms with Crippen molar-refractivity contribution in [3.05, 3.63) is 42.9 Å². The van der Waals surface area contributed by atoms with Gasteiger partial charge >= 0.3 is 0 Å². The number of hydrogen-bond acceptors (Lipinski definition) is 4. The molecule has 2 aromatic rings. The molecule has 0 radical (unpaired) electrons. The third-order valence-corrected chi connectivity index (χ3v) is 4.36. The molecule has 0 saturated carbocycles. The molecular formula is C17H26N6O. The molecule has 2 N–H and O–H groups in total. The van der Waals surface area contributed by atoms with E-state index >= 15 is 0 Å². The number of aromatic nitrogens is 2. The van der Waals surface area contributed by atoms with Crippen molar-refractivity contribution in [2.45, 2.75) is 25.4 Å². The van der Waals surface area contributed by atoms with Crippen molar-refractivity contribution in [2.24, 2.45) is 4.99 Å². The van der Waals surface area contributed by atoms with Crippen LogP contribution in [0.3, 0.4) is 0 Å². The predicted molar refractivity (Wildman–Crippen MR) is 93.8 cm³/mol. The van der Waals surface area contributed by atoms with Crippen molar-refractivity contribution in [1.82, 2.24) is 25.1 Å². The summed E-state index contributed by atoms with van der Waals surface area (Å²) in [6, 6.07) is 4.26. The average Bonchev–Trinajstić information content (AvgIpc) is 3.35. The summed E-state index contributed by atoms with van der Waals surface area (Å²) in [5.74, 6) is 1.82. The smallest absolute Gasteiger partial charge is 0.191 e. The van der Waals surface area contributed by atoms with Crippen molar-refractivity contribution in [1.29, 1.82) is 0 Å². The maximum Gasteiger partial charge on any atom is 0.191 e. The third-order valence-electron chi connectivity index (χ3n) is 4.36. The summed E-state index contributed by atoms with van der Waals surface area (Å²) in [6.45, 7) is 4.68. The maximum absolute atomic E-state index is 5.65. The molecule has 1 aliphatic heterocycles. The fraction of sp³-hybridized carbons (Fsp3) is 0.529. The van der Waals surface area contributed by atoms with Crippen molar-refractivity contribution in [2.75, 3.05) is 33.2 Å². The van der Waals surface area contributed by atoms with E-state index in [1.165, 1.54) is 12.8 Å². The number of imidazole rings is 1. The molecule has 2 aromatic heterocycles. The maximum atomic E-state index is 5.65. The number of likely N-dealkylation sites (tertiary alicyclic amines) is 1. The molecule has 0 aliphatic carbocycles. The third kappa shape index (κ3) is 4.38. The van der Waals surface area contributed by atoms with E-state index in [4.69, 9.17) is 4.42 Å². The van der Waals surface area contributed by atoms with E-state index in [9.17, 15) is 0 Å². The van der Waals surface area contributed by atoms with E-state index in [1.54, 1.807) is 19.5 Å². The standard InChI is InChI=1S/C17H26N6O/c1-18-17(20-7-11-22-10-6-19-14-22)21-13-15(16-5-4-12-24-16)23-8-2-3-9-23/h4-6,10,12,14-15H,2-3,7-9,11,13H2,1H3,(H2,18,20,21). The quantitative estimate of drug-likeness (QED) is 0.594. The highest BCUT2D eigenvalue weighted by molar-refractivity contribution is 5.79. The predicted octanol–water partition coefficient (Wildman–Crippen LogP) is 1.48. The molecule has 1 fully saturated rings. The molecule has 0 amide bonds. The van der Waals surface area contributed by atoms with Crippen LogP contribution in [0.4, 0.5) is 0 Å². The summed E-state index contributed by atoms with van der Waals surface area (Å²) in [7, 11) is 1.80. The Morgan fingerprint density at radius 3 is 2.92 bits per heavy atom. The van der Waals surface area contributed by atoms with Crippen molar-refractivity contribution < 1.29 is 4.42 Å². The van der Waals surface area contributed by atoms with Crippen LogP contribution in [0.1, 0.15) is 24.6 Å². The molecule has 130 valence electrons. The minimum absolute atomic E-state index is 0.245. The van der Waals surface area contributed by atoms with Gasteiger partial charge in [-0.05, 0) is 38.1 Å². The van der Waals surface area contributed by atoms with Gasteiger partial charge in [-0.3, -0.25) is 9.89 Å². The molecule has 0 bridgehead atoms. The first-order chi connectivity index (χ1) is 11.9. The second-order valence-electron chi connectivity index (χ2n) is 5.95. The second kappa shape index (κ2) is 8.54. The van der Waals surface area contributed by atoms with Gasteiger partial charge in [0, 0.05) is 39.1 Å². The van der Waals surface area contributed by atoms with Gasteiger partial charge in [-0.15, -0.1) is 0 Å². The summed E-state index contributed by atoms with van der Waals surface area (Å²) in [6.07, 6.45) is 9.83. The van der Waals surface area contributed by atoms with Gasteiger partial charge in [0.25, 0.3) is 0 Å².